The van der Waals surface area contributed by atoms with Crippen LogP contribution in [0.3, 0.4) is 0 Å². The van der Waals surface area contributed by atoms with Gasteiger partial charge in [0.2, 0.25) is 5.91 Å². The molecule has 5 nitrogen and oxygen atoms in total. The Labute approximate surface area is 164 Å². The average molecular weight is 386 g/mol. The van der Waals surface area contributed by atoms with Gasteiger partial charge < -0.3 is 10.6 Å². The molecule has 0 saturated carbocycles. The SMILES string of the molecule is O=C(CCNC(=O)c1ccc(Cl)cc1)NCCN1CCc2ccccc2C1. The second-order valence-corrected chi connectivity index (χ2v) is 7.09. The number of nitrogens with zero attached hydrogens (tertiary/aromatic N) is 1. The van der Waals surface area contributed by atoms with E-state index in [0.717, 1.165) is 26.1 Å². The van der Waals surface area contributed by atoms with Crippen molar-refractivity contribution in [2.45, 2.75) is 19.4 Å². The van der Waals surface area contributed by atoms with Crippen LogP contribution in [0.5, 0.6) is 0 Å². The Bertz CT molecular complexity index is 792. The number of hydrogen-bond acceptors (Lipinski definition) is 3. The predicted octanol–water partition coefficient (Wildman–Crippen LogP) is 2.63. The highest BCUT2D eigenvalue weighted by molar-refractivity contribution is 6.30. The van der Waals surface area contributed by atoms with E-state index >= 15 is 0 Å². The molecule has 0 radical (unpaired) electrons. The first-order chi connectivity index (χ1) is 13.1. The van der Waals surface area contributed by atoms with Crippen LogP contribution in [0.2, 0.25) is 5.02 Å². The van der Waals surface area contributed by atoms with Gasteiger partial charge in [-0.1, -0.05) is 35.9 Å². The van der Waals surface area contributed by atoms with Crippen LogP contribution in [0.25, 0.3) is 0 Å². The summed E-state index contributed by atoms with van der Waals surface area (Å²) < 4.78 is 0. The maximum Gasteiger partial charge on any atom is 0.251 e. The molecule has 3 rings (SSSR count). The highest BCUT2D eigenvalue weighted by atomic mass is 35.5. The Morgan fingerprint density at radius 2 is 1.70 bits per heavy atom. The molecular weight excluding hydrogens is 362 g/mol. The van der Waals surface area contributed by atoms with Crippen molar-refractivity contribution in [3.05, 3.63) is 70.2 Å². The summed E-state index contributed by atoms with van der Waals surface area (Å²) in [5.41, 5.74) is 3.33. The molecule has 0 spiro atoms. The van der Waals surface area contributed by atoms with E-state index < -0.39 is 0 Å². The van der Waals surface area contributed by atoms with Gasteiger partial charge in [-0.3, -0.25) is 14.5 Å². The smallest absolute Gasteiger partial charge is 0.251 e. The summed E-state index contributed by atoms with van der Waals surface area (Å²) in [5, 5.41) is 6.26. The van der Waals surface area contributed by atoms with Crippen LogP contribution < -0.4 is 10.6 Å². The van der Waals surface area contributed by atoms with E-state index in [4.69, 9.17) is 11.6 Å². The molecule has 0 aliphatic carbocycles. The third kappa shape index (κ3) is 5.81. The van der Waals surface area contributed by atoms with E-state index in [2.05, 4.69) is 39.8 Å². The summed E-state index contributed by atoms with van der Waals surface area (Å²) in [4.78, 5) is 26.3. The van der Waals surface area contributed by atoms with E-state index in [-0.39, 0.29) is 18.2 Å². The molecule has 2 N–H and O–H groups in total. The van der Waals surface area contributed by atoms with Crippen molar-refractivity contribution in [1.82, 2.24) is 15.5 Å². The fourth-order valence-electron chi connectivity index (χ4n) is 3.18. The van der Waals surface area contributed by atoms with Crippen molar-refractivity contribution < 1.29 is 9.59 Å². The van der Waals surface area contributed by atoms with E-state index in [9.17, 15) is 9.59 Å². The van der Waals surface area contributed by atoms with Gasteiger partial charge >= 0.3 is 0 Å². The molecule has 1 aliphatic rings. The maximum absolute atomic E-state index is 12.0. The van der Waals surface area contributed by atoms with Gasteiger partial charge in [0, 0.05) is 49.7 Å². The molecule has 0 atom stereocenters. The predicted molar refractivity (Wildman–Crippen MR) is 107 cm³/mol. The van der Waals surface area contributed by atoms with Gasteiger partial charge in [0.1, 0.15) is 0 Å². The van der Waals surface area contributed by atoms with Gasteiger partial charge in [0.15, 0.2) is 0 Å². The van der Waals surface area contributed by atoms with Crippen molar-refractivity contribution in [2.75, 3.05) is 26.2 Å². The third-order valence-corrected chi connectivity index (χ3v) is 4.96. The number of hydrogen-bond donors (Lipinski definition) is 2. The molecule has 1 aliphatic heterocycles. The summed E-state index contributed by atoms with van der Waals surface area (Å²) in [6.45, 7) is 3.71. The Morgan fingerprint density at radius 1 is 0.963 bits per heavy atom. The molecular formula is C21H24ClN3O2. The van der Waals surface area contributed by atoms with Gasteiger partial charge in [-0.05, 0) is 41.8 Å². The van der Waals surface area contributed by atoms with Crippen molar-refractivity contribution in [3.63, 3.8) is 0 Å². The van der Waals surface area contributed by atoms with Crippen LogP contribution in [0, 0.1) is 0 Å². The lowest BCUT2D eigenvalue weighted by atomic mass is 10.00. The Kier molecular flexibility index (Phi) is 6.85. The number of carbonyl (C=O) groups excluding carboxylic acids is 2. The van der Waals surface area contributed by atoms with Crippen LogP contribution in [0.4, 0.5) is 0 Å². The number of halogens is 1. The first kappa shape index (κ1) is 19.4. The number of fused-ring (bicyclic) bond motifs is 1. The number of benzene rings is 2. The first-order valence-corrected chi connectivity index (χ1v) is 9.59. The van der Waals surface area contributed by atoms with Gasteiger partial charge in [0.25, 0.3) is 5.91 Å². The monoisotopic (exact) mass is 385 g/mol. The standard InChI is InChI=1S/C21H24ClN3O2/c22-19-7-5-17(6-8-19)21(27)24-11-9-20(26)23-12-14-25-13-10-16-3-1-2-4-18(16)15-25/h1-8H,9-15H2,(H,23,26)(H,24,27). The maximum atomic E-state index is 12.0. The first-order valence-electron chi connectivity index (χ1n) is 9.21. The van der Waals surface area contributed by atoms with Crippen molar-refractivity contribution in [2.24, 2.45) is 0 Å². The minimum Gasteiger partial charge on any atom is -0.355 e. The summed E-state index contributed by atoms with van der Waals surface area (Å²) in [6, 6.07) is 15.2. The van der Waals surface area contributed by atoms with E-state index in [1.807, 2.05) is 0 Å². The zero-order valence-corrected chi connectivity index (χ0v) is 16.0. The molecule has 2 amide bonds. The van der Waals surface area contributed by atoms with Crippen molar-refractivity contribution in [3.8, 4) is 0 Å². The van der Waals surface area contributed by atoms with E-state index in [0.29, 0.717) is 23.7 Å². The van der Waals surface area contributed by atoms with Crippen LogP contribution in [0.1, 0.15) is 27.9 Å². The lowest BCUT2D eigenvalue weighted by molar-refractivity contribution is -0.121. The minimum atomic E-state index is -0.202. The fraction of sp³-hybridized carbons (Fsp3) is 0.333. The molecule has 0 fully saturated rings. The second-order valence-electron chi connectivity index (χ2n) is 6.66. The molecule has 27 heavy (non-hydrogen) atoms. The Morgan fingerprint density at radius 3 is 2.48 bits per heavy atom. The second kappa shape index (κ2) is 9.53. The largest absolute Gasteiger partial charge is 0.355 e. The molecule has 142 valence electrons. The quantitative estimate of drug-likeness (QED) is 0.770. The van der Waals surface area contributed by atoms with Gasteiger partial charge in [-0.15, -0.1) is 0 Å². The van der Waals surface area contributed by atoms with Crippen LogP contribution in [-0.4, -0.2) is 42.9 Å². The summed E-state index contributed by atoms with van der Waals surface area (Å²) in [5.74, 6) is -0.254. The molecule has 2 aromatic carbocycles. The lowest BCUT2D eigenvalue weighted by Gasteiger charge is -2.28. The minimum absolute atomic E-state index is 0.0520. The zero-order chi connectivity index (χ0) is 19.1. The van der Waals surface area contributed by atoms with E-state index in [1.165, 1.54) is 11.1 Å². The number of rotatable bonds is 7. The molecule has 0 aromatic heterocycles. The number of amides is 2. The normalized spacial score (nSPS) is 13.7. The molecule has 0 unspecified atom stereocenters. The van der Waals surface area contributed by atoms with Gasteiger partial charge in [0.05, 0.1) is 0 Å². The summed E-state index contributed by atoms with van der Waals surface area (Å²) in [7, 11) is 0. The van der Waals surface area contributed by atoms with Crippen LogP contribution in [-0.2, 0) is 17.8 Å². The van der Waals surface area contributed by atoms with Crippen molar-refractivity contribution >= 4 is 23.4 Å². The van der Waals surface area contributed by atoms with Gasteiger partial charge in [-0.2, -0.15) is 0 Å². The number of nitrogens with one attached hydrogen (secondary N) is 2. The molecule has 6 heteroatoms. The highest BCUT2D eigenvalue weighted by Crippen LogP contribution is 2.17. The molecule has 0 bridgehead atoms. The molecule has 0 saturated heterocycles. The Hall–Kier alpha value is -2.37. The number of carbonyl (C=O) groups is 2. The third-order valence-electron chi connectivity index (χ3n) is 4.70. The molecule has 2 aromatic rings. The highest BCUT2D eigenvalue weighted by Gasteiger charge is 2.15. The summed E-state index contributed by atoms with van der Waals surface area (Å²) >= 11 is 5.80. The van der Waals surface area contributed by atoms with Gasteiger partial charge in [-0.25, -0.2) is 0 Å². The van der Waals surface area contributed by atoms with Crippen LogP contribution >= 0.6 is 11.6 Å². The zero-order valence-electron chi connectivity index (χ0n) is 15.2. The topological polar surface area (TPSA) is 61.4 Å². The average Bonchev–Trinajstić information content (AvgIpc) is 2.68. The van der Waals surface area contributed by atoms with Crippen LogP contribution in [0.15, 0.2) is 48.5 Å². The fourth-order valence-corrected chi connectivity index (χ4v) is 3.31. The lowest BCUT2D eigenvalue weighted by Crippen LogP contribution is -2.38. The Balaban J connectivity index is 1.31. The van der Waals surface area contributed by atoms with E-state index in [1.54, 1.807) is 24.3 Å². The molecule has 1 heterocycles. The van der Waals surface area contributed by atoms with Crippen molar-refractivity contribution in [1.29, 1.82) is 0 Å². The summed E-state index contributed by atoms with van der Waals surface area (Å²) in [6.07, 6.45) is 1.32.